The molecule has 0 aliphatic rings. The Morgan fingerprint density at radius 3 is 2.82 bits per heavy atom. The first-order valence-electron chi connectivity index (χ1n) is 4.73. The molecule has 1 aromatic carbocycles. The minimum absolute atomic E-state index is 0.196. The number of anilines is 3. The molecule has 0 atom stereocenters. The number of aromatic nitrogens is 2. The maximum Gasteiger partial charge on any atom is 0.135 e. The SMILES string of the molecule is N#Cc1cc(F)ccc1Nc1cc(N)ncn1. The first kappa shape index (κ1) is 10.8. The fraction of sp³-hybridized carbons (Fsp3) is 0. The van der Waals surface area contributed by atoms with Crippen LogP contribution in [0.2, 0.25) is 0 Å². The summed E-state index contributed by atoms with van der Waals surface area (Å²) >= 11 is 0. The second kappa shape index (κ2) is 4.45. The number of nitrogens with one attached hydrogen (secondary N) is 1. The average molecular weight is 229 g/mol. The van der Waals surface area contributed by atoms with Crippen molar-refractivity contribution in [1.29, 1.82) is 5.26 Å². The summed E-state index contributed by atoms with van der Waals surface area (Å²) in [5.41, 5.74) is 6.15. The summed E-state index contributed by atoms with van der Waals surface area (Å²) in [5, 5.41) is 11.7. The minimum Gasteiger partial charge on any atom is -0.384 e. The maximum atomic E-state index is 12.9. The normalized spacial score (nSPS) is 9.65. The molecule has 0 spiro atoms. The van der Waals surface area contributed by atoms with Gasteiger partial charge >= 0.3 is 0 Å². The molecule has 5 nitrogen and oxygen atoms in total. The summed E-state index contributed by atoms with van der Waals surface area (Å²) in [7, 11) is 0. The molecule has 2 rings (SSSR count). The third-order valence-electron chi connectivity index (χ3n) is 2.05. The van der Waals surface area contributed by atoms with E-state index in [-0.39, 0.29) is 5.56 Å². The van der Waals surface area contributed by atoms with Crippen LogP contribution in [0.1, 0.15) is 5.56 Å². The molecule has 0 fully saturated rings. The molecule has 3 N–H and O–H groups in total. The lowest BCUT2D eigenvalue weighted by Crippen LogP contribution is -1.99. The standard InChI is InChI=1S/C11H8FN5/c12-8-1-2-9(7(3-8)5-13)17-11-4-10(14)15-6-16-11/h1-4,6H,(H3,14,15,16,17). The van der Waals surface area contributed by atoms with Gasteiger partial charge in [-0.1, -0.05) is 0 Å². The number of hydrogen-bond donors (Lipinski definition) is 2. The zero-order chi connectivity index (χ0) is 12.3. The molecule has 0 radical (unpaired) electrons. The lowest BCUT2D eigenvalue weighted by atomic mass is 10.2. The largest absolute Gasteiger partial charge is 0.384 e. The van der Waals surface area contributed by atoms with E-state index >= 15 is 0 Å². The van der Waals surface area contributed by atoms with Gasteiger partial charge < -0.3 is 11.1 Å². The number of hydrogen-bond acceptors (Lipinski definition) is 5. The molecular formula is C11H8FN5. The van der Waals surface area contributed by atoms with Gasteiger partial charge in [-0.05, 0) is 18.2 Å². The Bertz CT molecular complexity index is 591. The van der Waals surface area contributed by atoms with E-state index in [9.17, 15) is 4.39 Å². The third kappa shape index (κ3) is 2.46. The summed E-state index contributed by atoms with van der Waals surface area (Å²) in [6.45, 7) is 0. The highest BCUT2D eigenvalue weighted by molar-refractivity contribution is 5.65. The molecule has 17 heavy (non-hydrogen) atoms. The van der Waals surface area contributed by atoms with E-state index in [2.05, 4.69) is 15.3 Å². The van der Waals surface area contributed by atoms with Crippen LogP contribution in [0, 0.1) is 17.1 Å². The molecule has 0 unspecified atom stereocenters. The van der Waals surface area contributed by atoms with Crippen LogP contribution in [0.25, 0.3) is 0 Å². The maximum absolute atomic E-state index is 12.9. The minimum atomic E-state index is -0.464. The van der Waals surface area contributed by atoms with Gasteiger partial charge in [0.15, 0.2) is 0 Å². The van der Waals surface area contributed by atoms with Crippen LogP contribution in [0.3, 0.4) is 0 Å². The zero-order valence-corrected chi connectivity index (χ0v) is 8.68. The number of nitrogens with two attached hydrogens (primary N) is 1. The van der Waals surface area contributed by atoms with E-state index in [1.165, 1.54) is 24.5 Å². The molecule has 0 saturated heterocycles. The van der Waals surface area contributed by atoms with Crippen LogP contribution in [-0.4, -0.2) is 9.97 Å². The quantitative estimate of drug-likeness (QED) is 0.819. The number of nitrogen functional groups attached to an aromatic ring is 1. The molecule has 2 aromatic rings. The van der Waals surface area contributed by atoms with Gasteiger partial charge in [-0.25, -0.2) is 14.4 Å². The van der Waals surface area contributed by atoms with Gasteiger partial charge in [0.1, 0.15) is 29.8 Å². The Morgan fingerprint density at radius 1 is 1.29 bits per heavy atom. The van der Waals surface area contributed by atoms with Gasteiger partial charge in [-0.15, -0.1) is 0 Å². The predicted molar refractivity (Wildman–Crippen MR) is 60.8 cm³/mol. The highest BCUT2D eigenvalue weighted by Gasteiger charge is 2.04. The molecule has 0 saturated carbocycles. The van der Waals surface area contributed by atoms with E-state index in [1.54, 1.807) is 0 Å². The van der Waals surface area contributed by atoms with Crippen molar-refractivity contribution in [2.75, 3.05) is 11.1 Å². The summed E-state index contributed by atoms with van der Waals surface area (Å²) in [4.78, 5) is 7.67. The number of nitriles is 1. The van der Waals surface area contributed by atoms with Gasteiger partial charge in [0, 0.05) is 6.07 Å². The molecule has 1 aromatic heterocycles. The highest BCUT2D eigenvalue weighted by atomic mass is 19.1. The van der Waals surface area contributed by atoms with Crippen molar-refractivity contribution in [2.24, 2.45) is 0 Å². The smallest absolute Gasteiger partial charge is 0.135 e. The summed E-state index contributed by atoms with van der Waals surface area (Å²) in [6, 6.07) is 7.28. The van der Waals surface area contributed by atoms with Crippen molar-refractivity contribution in [2.45, 2.75) is 0 Å². The molecule has 84 valence electrons. The van der Waals surface area contributed by atoms with E-state index in [1.807, 2.05) is 6.07 Å². The van der Waals surface area contributed by atoms with Gasteiger partial charge in [-0.3, -0.25) is 0 Å². The monoisotopic (exact) mass is 229 g/mol. The van der Waals surface area contributed by atoms with E-state index in [4.69, 9.17) is 11.0 Å². The average Bonchev–Trinajstić information content (AvgIpc) is 2.31. The summed E-state index contributed by atoms with van der Waals surface area (Å²) in [5.74, 6) is 0.290. The molecule has 0 aliphatic carbocycles. The van der Waals surface area contributed by atoms with E-state index < -0.39 is 5.82 Å². The Balaban J connectivity index is 2.34. The Morgan fingerprint density at radius 2 is 2.12 bits per heavy atom. The number of rotatable bonds is 2. The fourth-order valence-electron chi connectivity index (χ4n) is 1.30. The van der Waals surface area contributed by atoms with Gasteiger partial charge in [0.25, 0.3) is 0 Å². The van der Waals surface area contributed by atoms with Crippen molar-refractivity contribution in [3.63, 3.8) is 0 Å². The van der Waals surface area contributed by atoms with E-state index in [0.717, 1.165) is 6.07 Å². The Labute approximate surface area is 96.7 Å². The van der Waals surface area contributed by atoms with Crippen molar-refractivity contribution in [1.82, 2.24) is 9.97 Å². The zero-order valence-electron chi connectivity index (χ0n) is 8.68. The highest BCUT2D eigenvalue weighted by Crippen LogP contribution is 2.20. The molecule has 0 aliphatic heterocycles. The van der Waals surface area contributed by atoms with Gasteiger partial charge in [0.2, 0.25) is 0 Å². The second-order valence-corrected chi connectivity index (χ2v) is 3.25. The van der Waals surface area contributed by atoms with Crippen LogP contribution in [-0.2, 0) is 0 Å². The van der Waals surface area contributed by atoms with Crippen LogP contribution in [0.5, 0.6) is 0 Å². The lowest BCUT2D eigenvalue weighted by Gasteiger charge is -2.07. The van der Waals surface area contributed by atoms with Gasteiger partial charge in [-0.2, -0.15) is 5.26 Å². The summed E-state index contributed by atoms with van der Waals surface area (Å²) in [6.07, 6.45) is 1.30. The van der Waals surface area contributed by atoms with Crippen molar-refractivity contribution < 1.29 is 4.39 Å². The van der Waals surface area contributed by atoms with Crippen LogP contribution < -0.4 is 11.1 Å². The first-order valence-corrected chi connectivity index (χ1v) is 4.73. The number of halogens is 1. The topological polar surface area (TPSA) is 87.6 Å². The number of benzene rings is 1. The number of nitrogens with zero attached hydrogens (tertiary/aromatic N) is 3. The lowest BCUT2D eigenvalue weighted by molar-refractivity contribution is 0.627. The Hall–Kier alpha value is -2.68. The molecule has 0 amide bonds. The van der Waals surface area contributed by atoms with E-state index in [0.29, 0.717) is 17.3 Å². The van der Waals surface area contributed by atoms with Crippen LogP contribution in [0.15, 0.2) is 30.6 Å². The summed E-state index contributed by atoms with van der Waals surface area (Å²) < 4.78 is 12.9. The molecule has 1 heterocycles. The van der Waals surface area contributed by atoms with Crippen molar-refractivity contribution >= 4 is 17.3 Å². The molecule has 6 heteroatoms. The first-order chi connectivity index (χ1) is 8.19. The van der Waals surface area contributed by atoms with Crippen molar-refractivity contribution in [3.8, 4) is 6.07 Å². The van der Waals surface area contributed by atoms with Gasteiger partial charge in [0.05, 0.1) is 11.3 Å². The van der Waals surface area contributed by atoms with Crippen LogP contribution >= 0.6 is 0 Å². The van der Waals surface area contributed by atoms with Crippen molar-refractivity contribution in [3.05, 3.63) is 42.0 Å². The second-order valence-electron chi connectivity index (χ2n) is 3.25. The molecular weight excluding hydrogens is 221 g/mol. The molecule has 0 bridgehead atoms. The third-order valence-corrected chi connectivity index (χ3v) is 2.05. The van der Waals surface area contributed by atoms with Crippen LogP contribution in [0.4, 0.5) is 21.7 Å². The predicted octanol–water partition coefficient (Wildman–Crippen LogP) is 1.81. The fourth-order valence-corrected chi connectivity index (χ4v) is 1.30. The Kier molecular flexibility index (Phi) is 2.83.